The van der Waals surface area contributed by atoms with E-state index in [1.807, 2.05) is 26.0 Å². The van der Waals surface area contributed by atoms with Crippen LogP contribution in [0.1, 0.15) is 29.8 Å². The van der Waals surface area contributed by atoms with E-state index in [0.717, 1.165) is 5.56 Å². The van der Waals surface area contributed by atoms with Crippen LogP contribution in [0.2, 0.25) is 10.0 Å². The number of halogens is 2. The number of amides is 2. The SMILES string of the molecule is CC(C)C(NC(=O)c1ccccc1Cl)C(=O)N(C)Cc1ccc(Cl)cc1. The fourth-order valence-electron chi connectivity index (χ4n) is 2.56. The fourth-order valence-corrected chi connectivity index (χ4v) is 2.90. The van der Waals surface area contributed by atoms with E-state index < -0.39 is 6.04 Å². The Balaban J connectivity index is 2.10. The van der Waals surface area contributed by atoms with Crippen LogP contribution >= 0.6 is 23.2 Å². The zero-order valence-electron chi connectivity index (χ0n) is 15.0. The summed E-state index contributed by atoms with van der Waals surface area (Å²) < 4.78 is 0. The van der Waals surface area contributed by atoms with Crippen molar-refractivity contribution in [2.24, 2.45) is 5.92 Å². The Hall–Kier alpha value is -2.04. The zero-order valence-corrected chi connectivity index (χ0v) is 16.5. The molecule has 1 N–H and O–H groups in total. The third-order valence-corrected chi connectivity index (χ3v) is 4.63. The first-order chi connectivity index (χ1) is 12.3. The van der Waals surface area contributed by atoms with Crippen LogP contribution in [0, 0.1) is 5.92 Å². The van der Waals surface area contributed by atoms with Gasteiger partial charge in [-0.3, -0.25) is 9.59 Å². The molecule has 2 rings (SSSR count). The third kappa shape index (κ3) is 5.23. The molecule has 4 nitrogen and oxygen atoms in total. The number of carbonyl (C=O) groups excluding carboxylic acids is 2. The average molecular weight is 393 g/mol. The van der Waals surface area contributed by atoms with Crippen molar-refractivity contribution < 1.29 is 9.59 Å². The van der Waals surface area contributed by atoms with Gasteiger partial charge in [-0.05, 0) is 35.7 Å². The van der Waals surface area contributed by atoms with Gasteiger partial charge in [-0.1, -0.05) is 61.3 Å². The average Bonchev–Trinajstić information content (AvgIpc) is 2.61. The van der Waals surface area contributed by atoms with Crippen molar-refractivity contribution in [3.8, 4) is 0 Å². The van der Waals surface area contributed by atoms with Gasteiger partial charge in [-0.2, -0.15) is 0 Å². The lowest BCUT2D eigenvalue weighted by molar-refractivity contribution is -0.133. The number of hydrogen-bond donors (Lipinski definition) is 1. The van der Waals surface area contributed by atoms with Crippen molar-refractivity contribution in [1.82, 2.24) is 10.2 Å². The van der Waals surface area contributed by atoms with Gasteiger partial charge in [0.15, 0.2) is 0 Å². The minimum Gasteiger partial charge on any atom is -0.340 e. The maximum absolute atomic E-state index is 12.9. The van der Waals surface area contributed by atoms with Crippen molar-refractivity contribution in [3.05, 3.63) is 69.7 Å². The number of carbonyl (C=O) groups is 2. The molecule has 2 amide bonds. The highest BCUT2D eigenvalue weighted by molar-refractivity contribution is 6.33. The molecule has 26 heavy (non-hydrogen) atoms. The van der Waals surface area contributed by atoms with Crippen LogP contribution in [-0.4, -0.2) is 29.8 Å². The van der Waals surface area contributed by atoms with E-state index in [2.05, 4.69) is 5.32 Å². The Morgan fingerprint density at radius 3 is 2.23 bits per heavy atom. The largest absolute Gasteiger partial charge is 0.340 e. The van der Waals surface area contributed by atoms with Crippen molar-refractivity contribution in [1.29, 1.82) is 0 Å². The second-order valence-corrected chi connectivity index (χ2v) is 7.34. The van der Waals surface area contributed by atoms with Crippen LogP contribution in [0.5, 0.6) is 0 Å². The molecule has 0 fully saturated rings. The Morgan fingerprint density at radius 2 is 1.65 bits per heavy atom. The summed E-state index contributed by atoms with van der Waals surface area (Å²) in [6.07, 6.45) is 0. The number of hydrogen-bond acceptors (Lipinski definition) is 2. The Kier molecular flexibility index (Phi) is 7.06. The molecule has 1 unspecified atom stereocenters. The van der Waals surface area contributed by atoms with Crippen molar-refractivity contribution in [2.45, 2.75) is 26.4 Å². The molecule has 0 bridgehead atoms. The molecular formula is C20H22Cl2N2O2. The van der Waals surface area contributed by atoms with E-state index in [-0.39, 0.29) is 17.7 Å². The van der Waals surface area contributed by atoms with Gasteiger partial charge in [0, 0.05) is 18.6 Å². The highest BCUT2D eigenvalue weighted by Crippen LogP contribution is 2.17. The van der Waals surface area contributed by atoms with Gasteiger partial charge < -0.3 is 10.2 Å². The summed E-state index contributed by atoms with van der Waals surface area (Å²) in [5.41, 5.74) is 1.32. The maximum Gasteiger partial charge on any atom is 0.253 e. The van der Waals surface area contributed by atoms with Gasteiger partial charge in [0.25, 0.3) is 5.91 Å². The number of nitrogens with one attached hydrogen (secondary N) is 1. The van der Waals surface area contributed by atoms with E-state index in [1.54, 1.807) is 48.3 Å². The molecule has 0 saturated carbocycles. The normalized spacial score (nSPS) is 11.9. The number of nitrogens with zero attached hydrogens (tertiary/aromatic N) is 1. The van der Waals surface area contributed by atoms with Crippen molar-refractivity contribution >= 4 is 35.0 Å². The molecule has 0 aliphatic rings. The van der Waals surface area contributed by atoms with Gasteiger partial charge in [0.05, 0.1) is 10.6 Å². The predicted molar refractivity (Wildman–Crippen MR) is 105 cm³/mol. The molecule has 0 saturated heterocycles. The summed E-state index contributed by atoms with van der Waals surface area (Å²) in [4.78, 5) is 27.0. The predicted octanol–water partition coefficient (Wildman–Crippen LogP) is 4.41. The minimum atomic E-state index is -0.643. The lowest BCUT2D eigenvalue weighted by atomic mass is 10.0. The first kappa shape index (κ1) is 20.3. The highest BCUT2D eigenvalue weighted by atomic mass is 35.5. The summed E-state index contributed by atoms with van der Waals surface area (Å²) in [7, 11) is 1.72. The lowest BCUT2D eigenvalue weighted by Gasteiger charge is -2.27. The van der Waals surface area contributed by atoms with Gasteiger partial charge >= 0.3 is 0 Å². The molecule has 0 radical (unpaired) electrons. The molecule has 2 aromatic rings. The summed E-state index contributed by atoms with van der Waals surface area (Å²) >= 11 is 12.0. The Morgan fingerprint density at radius 1 is 1.04 bits per heavy atom. The molecule has 0 heterocycles. The number of likely N-dealkylation sites (N-methyl/N-ethyl adjacent to an activating group) is 1. The molecule has 0 spiro atoms. The van der Waals surface area contributed by atoms with Crippen LogP contribution in [-0.2, 0) is 11.3 Å². The maximum atomic E-state index is 12.9. The van der Waals surface area contributed by atoms with Crippen LogP contribution in [0.25, 0.3) is 0 Å². The van der Waals surface area contributed by atoms with Crippen LogP contribution in [0.15, 0.2) is 48.5 Å². The molecule has 1 atom stereocenters. The summed E-state index contributed by atoms with van der Waals surface area (Å²) in [6, 6.07) is 13.5. The van der Waals surface area contributed by atoms with E-state index in [0.29, 0.717) is 22.2 Å². The Labute approximate surface area is 164 Å². The molecule has 138 valence electrons. The molecule has 2 aromatic carbocycles. The van der Waals surface area contributed by atoms with Gasteiger partial charge in [-0.25, -0.2) is 0 Å². The topological polar surface area (TPSA) is 49.4 Å². The van der Waals surface area contributed by atoms with E-state index in [4.69, 9.17) is 23.2 Å². The zero-order chi connectivity index (χ0) is 19.3. The van der Waals surface area contributed by atoms with Crippen molar-refractivity contribution in [2.75, 3.05) is 7.05 Å². The second-order valence-electron chi connectivity index (χ2n) is 6.50. The smallest absolute Gasteiger partial charge is 0.253 e. The molecular weight excluding hydrogens is 371 g/mol. The lowest BCUT2D eigenvalue weighted by Crippen LogP contribution is -2.50. The van der Waals surface area contributed by atoms with E-state index in [9.17, 15) is 9.59 Å². The summed E-state index contributed by atoms with van der Waals surface area (Å²) in [5, 5.41) is 3.82. The first-order valence-corrected chi connectivity index (χ1v) is 9.10. The van der Waals surface area contributed by atoms with Gasteiger partial charge in [0.1, 0.15) is 6.04 Å². The van der Waals surface area contributed by atoms with Crippen molar-refractivity contribution in [3.63, 3.8) is 0 Å². The quantitative estimate of drug-likeness (QED) is 0.791. The molecule has 0 aromatic heterocycles. The van der Waals surface area contributed by atoms with Crippen LogP contribution < -0.4 is 5.32 Å². The molecule has 0 aliphatic carbocycles. The van der Waals surface area contributed by atoms with E-state index in [1.165, 1.54) is 0 Å². The monoisotopic (exact) mass is 392 g/mol. The van der Waals surface area contributed by atoms with E-state index >= 15 is 0 Å². The first-order valence-electron chi connectivity index (χ1n) is 8.34. The number of rotatable bonds is 6. The van der Waals surface area contributed by atoms with Gasteiger partial charge in [-0.15, -0.1) is 0 Å². The summed E-state index contributed by atoms with van der Waals surface area (Å²) in [6.45, 7) is 4.22. The molecule has 6 heteroatoms. The Bertz CT molecular complexity index is 776. The van der Waals surface area contributed by atoms with Crippen LogP contribution in [0.4, 0.5) is 0 Å². The fraction of sp³-hybridized carbons (Fsp3) is 0.300. The van der Waals surface area contributed by atoms with Gasteiger partial charge in [0.2, 0.25) is 5.91 Å². The number of benzene rings is 2. The molecule has 0 aliphatic heterocycles. The van der Waals surface area contributed by atoms with Crippen LogP contribution in [0.3, 0.4) is 0 Å². The highest BCUT2D eigenvalue weighted by Gasteiger charge is 2.27. The second kappa shape index (κ2) is 9.06. The standard InChI is InChI=1S/C20H22Cl2N2O2/c1-13(2)18(23-19(25)16-6-4-5-7-17(16)22)20(26)24(3)12-14-8-10-15(21)11-9-14/h4-11,13,18H,12H2,1-3H3,(H,23,25). The summed E-state index contributed by atoms with van der Waals surface area (Å²) in [5.74, 6) is -0.584. The third-order valence-electron chi connectivity index (χ3n) is 4.05. The minimum absolute atomic E-state index is 0.0680.